The van der Waals surface area contributed by atoms with E-state index in [1.54, 1.807) is 18.3 Å². The highest BCUT2D eigenvalue weighted by Crippen LogP contribution is 2.11. The van der Waals surface area contributed by atoms with Gasteiger partial charge in [-0.05, 0) is 43.0 Å². The van der Waals surface area contributed by atoms with Gasteiger partial charge in [0.25, 0.3) is 0 Å². The summed E-state index contributed by atoms with van der Waals surface area (Å²) in [4.78, 5) is 11.4. The van der Waals surface area contributed by atoms with Crippen LogP contribution in [-0.2, 0) is 0 Å². The molecule has 0 atom stereocenters. The molecule has 0 aliphatic rings. The molecule has 0 spiro atoms. The fraction of sp³-hybridized carbons (Fsp3) is 0.357. The Morgan fingerprint density at radius 3 is 2.89 bits per heavy atom. The predicted molar refractivity (Wildman–Crippen MR) is 78.0 cm³/mol. The van der Waals surface area contributed by atoms with Gasteiger partial charge < -0.3 is 15.7 Å². The Hall–Kier alpha value is -1.52. The number of aliphatic hydroxyl groups excluding tert-OH is 1. The Kier molecular flexibility index (Phi) is 7.70. The zero-order valence-electron chi connectivity index (χ0n) is 10.7. The summed E-state index contributed by atoms with van der Waals surface area (Å²) in [5.41, 5.74) is 0.927. The summed E-state index contributed by atoms with van der Waals surface area (Å²) in [6, 6.07) is 7.13. The van der Waals surface area contributed by atoms with E-state index in [1.807, 2.05) is 18.2 Å². The molecule has 0 aliphatic heterocycles. The van der Waals surface area contributed by atoms with Crippen LogP contribution in [0, 0.1) is 0 Å². The molecule has 19 heavy (non-hydrogen) atoms. The second-order valence-corrected chi connectivity index (χ2v) is 4.51. The lowest BCUT2D eigenvalue weighted by molar-refractivity contribution is 0.243. The third-order valence-corrected chi connectivity index (χ3v) is 2.69. The van der Waals surface area contributed by atoms with Crippen molar-refractivity contribution in [1.29, 1.82) is 0 Å². The fourth-order valence-electron chi connectivity index (χ4n) is 1.49. The van der Waals surface area contributed by atoms with E-state index in [0.717, 1.165) is 24.8 Å². The molecule has 0 aromatic heterocycles. The van der Waals surface area contributed by atoms with Crippen LogP contribution in [0.3, 0.4) is 0 Å². The Morgan fingerprint density at radius 1 is 1.32 bits per heavy atom. The number of nitrogens with one attached hydrogen (secondary N) is 2. The smallest absolute Gasteiger partial charge is 0.318 e. The lowest BCUT2D eigenvalue weighted by atomic mass is 10.2. The van der Waals surface area contributed by atoms with E-state index in [2.05, 4.69) is 10.6 Å². The topological polar surface area (TPSA) is 61.4 Å². The molecule has 0 heterocycles. The molecule has 0 bridgehead atoms. The molecule has 0 aliphatic carbocycles. The number of hydrogen-bond donors (Lipinski definition) is 3. The molecule has 0 saturated carbocycles. The lowest BCUT2D eigenvalue weighted by Crippen LogP contribution is -2.32. The largest absolute Gasteiger partial charge is 0.396 e. The second kappa shape index (κ2) is 9.42. The number of halogens is 1. The molecule has 0 radical (unpaired) electrons. The first-order valence-corrected chi connectivity index (χ1v) is 6.67. The number of carbonyl (C=O) groups is 1. The van der Waals surface area contributed by atoms with Gasteiger partial charge in [0.2, 0.25) is 0 Å². The zero-order valence-corrected chi connectivity index (χ0v) is 11.5. The van der Waals surface area contributed by atoms with Crippen molar-refractivity contribution >= 4 is 23.7 Å². The molecule has 3 N–H and O–H groups in total. The van der Waals surface area contributed by atoms with Crippen molar-refractivity contribution in [3.63, 3.8) is 0 Å². The third-order valence-electron chi connectivity index (χ3n) is 2.46. The third kappa shape index (κ3) is 7.49. The Labute approximate surface area is 118 Å². The van der Waals surface area contributed by atoms with Gasteiger partial charge in [-0.25, -0.2) is 4.79 Å². The maximum absolute atomic E-state index is 11.4. The number of benzene rings is 1. The van der Waals surface area contributed by atoms with Gasteiger partial charge in [-0.3, -0.25) is 0 Å². The Balaban J connectivity index is 2.19. The summed E-state index contributed by atoms with van der Waals surface area (Å²) in [7, 11) is 0. The van der Waals surface area contributed by atoms with E-state index in [1.165, 1.54) is 0 Å². The van der Waals surface area contributed by atoms with Crippen LogP contribution in [-0.4, -0.2) is 24.3 Å². The minimum Gasteiger partial charge on any atom is -0.396 e. The first kappa shape index (κ1) is 15.5. The molecule has 2 amide bonds. The molecule has 0 fully saturated rings. The molecule has 1 aromatic carbocycles. The van der Waals surface area contributed by atoms with E-state index < -0.39 is 0 Å². The molecule has 1 aromatic rings. The quantitative estimate of drug-likeness (QED) is 0.674. The number of aliphatic hydroxyl groups is 1. The molecule has 0 saturated heterocycles. The molecule has 0 unspecified atom stereocenters. The highest BCUT2D eigenvalue weighted by molar-refractivity contribution is 6.30. The van der Waals surface area contributed by atoms with Crippen LogP contribution in [0.2, 0.25) is 5.02 Å². The van der Waals surface area contributed by atoms with Gasteiger partial charge in [0.05, 0.1) is 0 Å². The van der Waals surface area contributed by atoms with Crippen molar-refractivity contribution in [3.05, 3.63) is 41.1 Å². The van der Waals surface area contributed by atoms with Crippen LogP contribution in [0.4, 0.5) is 4.79 Å². The maximum atomic E-state index is 11.4. The number of urea groups is 1. The van der Waals surface area contributed by atoms with Gasteiger partial charge in [-0.2, -0.15) is 0 Å². The Bertz CT molecular complexity index is 422. The Morgan fingerprint density at radius 2 is 2.16 bits per heavy atom. The van der Waals surface area contributed by atoms with Gasteiger partial charge in [-0.1, -0.05) is 23.7 Å². The van der Waals surface area contributed by atoms with Crippen LogP contribution >= 0.6 is 11.6 Å². The van der Waals surface area contributed by atoms with E-state index in [4.69, 9.17) is 16.7 Å². The van der Waals surface area contributed by atoms with Crippen LogP contribution in [0.5, 0.6) is 0 Å². The fourth-order valence-corrected chi connectivity index (χ4v) is 1.69. The monoisotopic (exact) mass is 282 g/mol. The molecule has 104 valence electrons. The second-order valence-electron chi connectivity index (χ2n) is 4.07. The van der Waals surface area contributed by atoms with Gasteiger partial charge in [0.1, 0.15) is 0 Å². The van der Waals surface area contributed by atoms with Crippen LogP contribution < -0.4 is 10.6 Å². The van der Waals surface area contributed by atoms with Crippen molar-refractivity contribution in [2.75, 3.05) is 13.2 Å². The molecule has 1 rings (SSSR count). The van der Waals surface area contributed by atoms with Crippen molar-refractivity contribution in [2.45, 2.75) is 19.3 Å². The summed E-state index contributed by atoms with van der Waals surface area (Å²) in [6.07, 6.45) is 5.91. The van der Waals surface area contributed by atoms with Crippen molar-refractivity contribution in [2.24, 2.45) is 0 Å². The molecular formula is C14H19ClN2O2. The number of unbranched alkanes of at least 4 members (excludes halogenated alkanes) is 2. The van der Waals surface area contributed by atoms with Crippen LogP contribution in [0.15, 0.2) is 30.5 Å². The summed E-state index contributed by atoms with van der Waals surface area (Å²) in [6.45, 7) is 0.811. The van der Waals surface area contributed by atoms with Gasteiger partial charge in [0, 0.05) is 24.4 Å². The van der Waals surface area contributed by atoms with E-state index >= 15 is 0 Å². The lowest BCUT2D eigenvalue weighted by Gasteiger charge is -2.03. The van der Waals surface area contributed by atoms with Crippen molar-refractivity contribution < 1.29 is 9.90 Å². The van der Waals surface area contributed by atoms with Crippen molar-refractivity contribution in [1.82, 2.24) is 10.6 Å². The molecular weight excluding hydrogens is 264 g/mol. The average Bonchev–Trinajstić information content (AvgIpc) is 2.38. The SMILES string of the molecule is O=C(N/C=C/c1cccc(Cl)c1)NCCCCCO. The normalized spacial score (nSPS) is 10.6. The summed E-state index contributed by atoms with van der Waals surface area (Å²) in [5, 5.41) is 14.6. The molecule has 5 heteroatoms. The van der Waals surface area contributed by atoms with E-state index in [-0.39, 0.29) is 12.6 Å². The van der Waals surface area contributed by atoms with Crippen molar-refractivity contribution in [3.8, 4) is 0 Å². The summed E-state index contributed by atoms with van der Waals surface area (Å²) in [5.74, 6) is 0. The first-order valence-electron chi connectivity index (χ1n) is 6.29. The number of amides is 2. The number of rotatable bonds is 7. The van der Waals surface area contributed by atoms with Gasteiger partial charge in [0.15, 0.2) is 0 Å². The van der Waals surface area contributed by atoms with E-state index in [0.29, 0.717) is 11.6 Å². The van der Waals surface area contributed by atoms with Crippen LogP contribution in [0.25, 0.3) is 6.08 Å². The average molecular weight is 283 g/mol. The first-order chi connectivity index (χ1) is 9.22. The summed E-state index contributed by atoms with van der Waals surface area (Å²) >= 11 is 5.85. The van der Waals surface area contributed by atoms with E-state index in [9.17, 15) is 4.79 Å². The standard InChI is InChI=1S/C14H19ClN2O2/c15-13-6-4-5-12(11-13)7-9-17-14(19)16-8-2-1-3-10-18/h4-7,9,11,18H,1-3,8,10H2,(H2,16,17,19)/b9-7+. The highest BCUT2D eigenvalue weighted by atomic mass is 35.5. The van der Waals surface area contributed by atoms with Gasteiger partial charge >= 0.3 is 6.03 Å². The highest BCUT2D eigenvalue weighted by Gasteiger charge is 1.95. The summed E-state index contributed by atoms with van der Waals surface area (Å²) < 4.78 is 0. The van der Waals surface area contributed by atoms with Crippen LogP contribution in [0.1, 0.15) is 24.8 Å². The number of carbonyl (C=O) groups excluding carboxylic acids is 1. The van der Waals surface area contributed by atoms with Gasteiger partial charge in [-0.15, -0.1) is 0 Å². The zero-order chi connectivity index (χ0) is 13.9. The minimum absolute atomic E-state index is 0.203. The minimum atomic E-state index is -0.234. The maximum Gasteiger partial charge on any atom is 0.318 e. The molecule has 4 nitrogen and oxygen atoms in total. The number of hydrogen-bond acceptors (Lipinski definition) is 2. The predicted octanol–water partition coefficient (Wildman–Crippen LogP) is 2.77.